The predicted molar refractivity (Wildman–Crippen MR) is 90.2 cm³/mol. The van der Waals surface area contributed by atoms with E-state index in [1.807, 2.05) is 0 Å². The summed E-state index contributed by atoms with van der Waals surface area (Å²) >= 11 is 3.87. The van der Waals surface area contributed by atoms with E-state index in [0.29, 0.717) is 4.83 Å². The summed E-state index contributed by atoms with van der Waals surface area (Å²) in [7, 11) is 0. The molecule has 0 heterocycles. The second-order valence-corrected chi connectivity index (χ2v) is 6.84. The van der Waals surface area contributed by atoms with E-state index in [9.17, 15) is 0 Å². The van der Waals surface area contributed by atoms with Crippen LogP contribution >= 0.6 is 15.9 Å². The van der Waals surface area contributed by atoms with Gasteiger partial charge in [-0.05, 0) is 31.4 Å². The van der Waals surface area contributed by atoms with Crippen LogP contribution in [-0.2, 0) is 0 Å². The summed E-state index contributed by atoms with van der Waals surface area (Å²) in [6, 6.07) is 6.77. The normalized spacial score (nSPS) is 12.6. The molecule has 0 saturated carbocycles. The Morgan fingerprint density at radius 2 is 1.58 bits per heavy atom. The van der Waals surface area contributed by atoms with Crippen LogP contribution in [0.25, 0.3) is 0 Å². The molecule has 0 aromatic heterocycles. The van der Waals surface area contributed by atoms with Crippen LogP contribution in [0.5, 0.6) is 0 Å². The van der Waals surface area contributed by atoms with Gasteiger partial charge in [-0.3, -0.25) is 0 Å². The molecule has 0 N–H and O–H groups in total. The lowest BCUT2D eigenvalue weighted by Crippen LogP contribution is -1.95. The summed E-state index contributed by atoms with van der Waals surface area (Å²) in [4.78, 5) is 0.531. The zero-order valence-electron chi connectivity index (χ0n) is 12.8. The van der Waals surface area contributed by atoms with Crippen molar-refractivity contribution in [2.75, 3.05) is 0 Å². The molecule has 1 unspecified atom stereocenters. The average Bonchev–Trinajstić information content (AvgIpc) is 2.40. The van der Waals surface area contributed by atoms with Crippen molar-refractivity contribution in [1.29, 1.82) is 0 Å². The molecular formula is C18H29Br. The van der Waals surface area contributed by atoms with Crippen molar-refractivity contribution in [3.05, 3.63) is 34.9 Å². The molecule has 0 aliphatic carbocycles. The monoisotopic (exact) mass is 324 g/mol. The predicted octanol–water partition coefficient (Wildman–Crippen LogP) is 6.88. The Morgan fingerprint density at radius 1 is 0.947 bits per heavy atom. The van der Waals surface area contributed by atoms with Crippen LogP contribution in [-0.4, -0.2) is 0 Å². The summed E-state index contributed by atoms with van der Waals surface area (Å²) in [5, 5.41) is 0. The SMILES string of the molecule is CCCCCCCCCC(Br)c1cc(C)ccc1C. The quantitative estimate of drug-likeness (QED) is 0.343. The molecular weight excluding hydrogens is 296 g/mol. The number of aryl methyl sites for hydroxylation is 2. The number of benzene rings is 1. The van der Waals surface area contributed by atoms with Gasteiger partial charge in [-0.2, -0.15) is 0 Å². The van der Waals surface area contributed by atoms with E-state index in [2.05, 4.69) is 54.9 Å². The molecule has 1 heteroatoms. The van der Waals surface area contributed by atoms with E-state index in [0.717, 1.165) is 0 Å². The third-order valence-electron chi connectivity index (χ3n) is 3.83. The Kier molecular flexibility index (Phi) is 8.45. The minimum absolute atomic E-state index is 0.531. The highest BCUT2D eigenvalue weighted by Crippen LogP contribution is 2.31. The van der Waals surface area contributed by atoms with E-state index in [-0.39, 0.29) is 0 Å². The lowest BCUT2D eigenvalue weighted by molar-refractivity contribution is 0.574. The summed E-state index contributed by atoms with van der Waals surface area (Å²) < 4.78 is 0. The molecule has 0 amide bonds. The highest BCUT2D eigenvalue weighted by molar-refractivity contribution is 9.09. The summed E-state index contributed by atoms with van der Waals surface area (Å²) in [5.41, 5.74) is 4.26. The van der Waals surface area contributed by atoms with E-state index < -0.39 is 0 Å². The van der Waals surface area contributed by atoms with Gasteiger partial charge >= 0.3 is 0 Å². The van der Waals surface area contributed by atoms with Crippen molar-refractivity contribution in [2.45, 2.75) is 77.0 Å². The first-order valence-electron chi connectivity index (χ1n) is 7.86. The fourth-order valence-electron chi connectivity index (χ4n) is 2.53. The first-order valence-corrected chi connectivity index (χ1v) is 8.78. The van der Waals surface area contributed by atoms with Crippen LogP contribution in [0.4, 0.5) is 0 Å². The van der Waals surface area contributed by atoms with Crippen LogP contribution in [0.15, 0.2) is 18.2 Å². The van der Waals surface area contributed by atoms with Crippen molar-refractivity contribution in [1.82, 2.24) is 0 Å². The fraction of sp³-hybridized carbons (Fsp3) is 0.667. The molecule has 0 saturated heterocycles. The Hall–Kier alpha value is -0.300. The van der Waals surface area contributed by atoms with Crippen molar-refractivity contribution >= 4 is 15.9 Å². The third kappa shape index (κ3) is 6.61. The summed E-state index contributed by atoms with van der Waals surface area (Å²) in [6.45, 7) is 6.67. The Morgan fingerprint density at radius 3 is 2.26 bits per heavy atom. The molecule has 1 atom stereocenters. The van der Waals surface area contributed by atoms with Gasteiger partial charge in [0.25, 0.3) is 0 Å². The van der Waals surface area contributed by atoms with Gasteiger partial charge < -0.3 is 0 Å². The smallest absolute Gasteiger partial charge is 0.0398 e. The number of halogens is 1. The van der Waals surface area contributed by atoms with Crippen LogP contribution in [0.3, 0.4) is 0 Å². The Bertz CT molecular complexity index is 357. The van der Waals surface area contributed by atoms with Gasteiger partial charge in [0, 0.05) is 4.83 Å². The van der Waals surface area contributed by atoms with Gasteiger partial charge in [-0.1, -0.05) is 91.6 Å². The maximum Gasteiger partial charge on any atom is 0.0398 e. The van der Waals surface area contributed by atoms with E-state index in [4.69, 9.17) is 0 Å². The lowest BCUT2D eigenvalue weighted by atomic mass is 9.99. The molecule has 1 aromatic carbocycles. The number of hydrogen-bond acceptors (Lipinski definition) is 0. The Labute approximate surface area is 128 Å². The minimum atomic E-state index is 0.531. The van der Waals surface area contributed by atoms with Crippen LogP contribution in [0.2, 0.25) is 0 Å². The molecule has 0 fully saturated rings. The van der Waals surface area contributed by atoms with Crippen LogP contribution in [0, 0.1) is 13.8 Å². The zero-order chi connectivity index (χ0) is 14.1. The minimum Gasteiger partial charge on any atom is -0.0839 e. The first-order chi connectivity index (χ1) is 9.15. The Balaban J connectivity index is 2.23. The van der Waals surface area contributed by atoms with Gasteiger partial charge in [0.2, 0.25) is 0 Å². The van der Waals surface area contributed by atoms with Crippen molar-refractivity contribution < 1.29 is 0 Å². The molecule has 19 heavy (non-hydrogen) atoms. The molecule has 0 aliphatic rings. The van der Waals surface area contributed by atoms with E-state index >= 15 is 0 Å². The van der Waals surface area contributed by atoms with Gasteiger partial charge in [-0.15, -0.1) is 0 Å². The van der Waals surface area contributed by atoms with Gasteiger partial charge in [0.05, 0.1) is 0 Å². The standard InChI is InChI=1S/C18H29Br/c1-4-5-6-7-8-9-10-11-18(19)17-14-15(2)12-13-16(17)3/h12-14,18H,4-11H2,1-3H3. The van der Waals surface area contributed by atoms with Crippen molar-refractivity contribution in [3.63, 3.8) is 0 Å². The van der Waals surface area contributed by atoms with Gasteiger partial charge in [0.1, 0.15) is 0 Å². The molecule has 0 spiro atoms. The molecule has 1 rings (SSSR count). The van der Waals surface area contributed by atoms with Crippen LogP contribution in [0.1, 0.15) is 79.8 Å². The molecule has 108 valence electrons. The molecule has 0 radical (unpaired) electrons. The number of hydrogen-bond donors (Lipinski definition) is 0. The first kappa shape index (κ1) is 16.8. The topological polar surface area (TPSA) is 0 Å². The largest absolute Gasteiger partial charge is 0.0839 e. The summed E-state index contributed by atoms with van der Waals surface area (Å²) in [6.07, 6.45) is 11.0. The zero-order valence-corrected chi connectivity index (χ0v) is 14.4. The second kappa shape index (κ2) is 9.58. The fourth-order valence-corrected chi connectivity index (χ4v) is 3.35. The molecule has 0 aliphatic heterocycles. The van der Waals surface area contributed by atoms with Crippen molar-refractivity contribution in [3.8, 4) is 0 Å². The van der Waals surface area contributed by atoms with E-state index in [1.165, 1.54) is 68.1 Å². The maximum absolute atomic E-state index is 3.87. The number of alkyl halides is 1. The van der Waals surface area contributed by atoms with Crippen molar-refractivity contribution in [2.24, 2.45) is 0 Å². The van der Waals surface area contributed by atoms with Gasteiger partial charge in [-0.25, -0.2) is 0 Å². The maximum atomic E-state index is 3.87. The van der Waals surface area contributed by atoms with Gasteiger partial charge in [0.15, 0.2) is 0 Å². The second-order valence-electron chi connectivity index (χ2n) is 5.74. The average molecular weight is 325 g/mol. The lowest BCUT2D eigenvalue weighted by Gasteiger charge is -2.14. The van der Waals surface area contributed by atoms with E-state index in [1.54, 1.807) is 0 Å². The highest BCUT2D eigenvalue weighted by atomic mass is 79.9. The molecule has 0 bridgehead atoms. The highest BCUT2D eigenvalue weighted by Gasteiger charge is 2.09. The summed E-state index contributed by atoms with van der Waals surface area (Å²) in [5.74, 6) is 0. The van der Waals surface area contributed by atoms with Crippen LogP contribution < -0.4 is 0 Å². The number of unbranched alkanes of at least 4 members (excludes halogenated alkanes) is 6. The molecule has 0 nitrogen and oxygen atoms in total. The molecule has 1 aromatic rings. The third-order valence-corrected chi connectivity index (χ3v) is 4.78. The number of rotatable bonds is 9.